The molecule has 0 radical (unpaired) electrons. The maximum absolute atomic E-state index is 13.1. The second kappa shape index (κ2) is 6.15. The maximum atomic E-state index is 13.1. The lowest BCUT2D eigenvalue weighted by atomic mass is 10.2. The highest BCUT2D eigenvalue weighted by Crippen LogP contribution is 2.21. The Labute approximate surface area is 127 Å². The van der Waals surface area contributed by atoms with E-state index in [1.54, 1.807) is 24.3 Å². The zero-order valence-electron chi connectivity index (χ0n) is 10.8. The lowest BCUT2D eigenvalue weighted by Gasteiger charge is -2.07. The zero-order chi connectivity index (χ0) is 15.5. The van der Waals surface area contributed by atoms with Crippen LogP contribution in [-0.4, -0.2) is 8.42 Å². The van der Waals surface area contributed by atoms with Crippen LogP contribution in [0, 0.1) is 5.82 Å². The fourth-order valence-electron chi connectivity index (χ4n) is 1.55. The molecule has 0 unspecified atom stereocenters. The van der Waals surface area contributed by atoms with Crippen molar-refractivity contribution in [2.45, 2.75) is 0 Å². The molecular weight excluding hydrogens is 315 g/mol. The number of hydrogen-bond acceptors (Lipinski definition) is 3. The van der Waals surface area contributed by atoms with Gasteiger partial charge in [0.1, 0.15) is 5.82 Å². The minimum Gasteiger partial charge on any atom is -0.397 e. The van der Waals surface area contributed by atoms with Crippen molar-refractivity contribution in [2.75, 3.05) is 10.5 Å². The van der Waals surface area contributed by atoms with Crippen LogP contribution in [0.15, 0.2) is 47.9 Å². The largest absolute Gasteiger partial charge is 0.397 e. The normalized spacial score (nSPS) is 11.7. The van der Waals surface area contributed by atoms with Crippen LogP contribution in [0.5, 0.6) is 0 Å². The minimum atomic E-state index is -3.79. The average molecular weight is 327 g/mol. The number of anilines is 2. The second-order valence-electron chi connectivity index (χ2n) is 4.23. The molecule has 7 heteroatoms. The molecule has 2 aromatic rings. The topological polar surface area (TPSA) is 72.2 Å². The van der Waals surface area contributed by atoms with Crippen molar-refractivity contribution in [1.29, 1.82) is 0 Å². The SMILES string of the molecule is Nc1ccc(F)cc1NS(=O)(=O)C=Cc1ccc(Cl)cc1. The molecule has 4 nitrogen and oxygen atoms in total. The summed E-state index contributed by atoms with van der Waals surface area (Å²) in [5.41, 5.74) is 6.39. The second-order valence-corrected chi connectivity index (χ2v) is 6.24. The van der Waals surface area contributed by atoms with Gasteiger partial charge >= 0.3 is 0 Å². The monoisotopic (exact) mass is 326 g/mol. The third-order valence-electron chi connectivity index (χ3n) is 2.58. The summed E-state index contributed by atoms with van der Waals surface area (Å²) in [5.74, 6) is -0.580. The highest BCUT2D eigenvalue weighted by molar-refractivity contribution is 7.95. The molecule has 0 aliphatic heterocycles. The average Bonchev–Trinajstić information content (AvgIpc) is 2.42. The number of sulfonamides is 1. The molecular formula is C14H12ClFN2O2S. The van der Waals surface area contributed by atoms with Crippen LogP contribution >= 0.6 is 11.6 Å². The van der Waals surface area contributed by atoms with Crippen LogP contribution in [0.3, 0.4) is 0 Å². The number of nitrogens with two attached hydrogens (primary N) is 1. The summed E-state index contributed by atoms with van der Waals surface area (Å²) in [5, 5.41) is 1.53. The first-order valence-corrected chi connectivity index (χ1v) is 7.80. The molecule has 0 aliphatic rings. The van der Waals surface area contributed by atoms with Gasteiger partial charge in [-0.2, -0.15) is 0 Å². The Kier molecular flexibility index (Phi) is 4.50. The Morgan fingerprint density at radius 3 is 2.48 bits per heavy atom. The summed E-state index contributed by atoms with van der Waals surface area (Å²) < 4.78 is 39.1. The summed E-state index contributed by atoms with van der Waals surface area (Å²) in [6.45, 7) is 0. The van der Waals surface area contributed by atoms with Crippen LogP contribution in [-0.2, 0) is 10.0 Å². The molecule has 0 aromatic heterocycles. The van der Waals surface area contributed by atoms with E-state index in [2.05, 4.69) is 4.72 Å². The van der Waals surface area contributed by atoms with Crippen LogP contribution < -0.4 is 10.5 Å². The van der Waals surface area contributed by atoms with Crippen molar-refractivity contribution >= 4 is 39.1 Å². The van der Waals surface area contributed by atoms with Gasteiger partial charge in [-0.05, 0) is 35.9 Å². The third kappa shape index (κ3) is 4.47. The number of benzene rings is 2. The van der Waals surface area contributed by atoms with E-state index >= 15 is 0 Å². The number of hydrogen-bond donors (Lipinski definition) is 2. The molecule has 21 heavy (non-hydrogen) atoms. The molecule has 0 aliphatic carbocycles. The lowest BCUT2D eigenvalue weighted by Crippen LogP contribution is -2.10. The first-order chi connectivity index (χ1) is 9.85. The number of rotatable bonds is 4. The zero-order valence-corrected chi connectivity index (χ0v) is 12.3. The predicted molar refractivity (Wildman–Crippen MR) is 83.8 cm³/mol. The third-order valence-corrected chi connectivity index (χ3v) is 3.83. The first kappa shape index (κ1) is 15.3. The lowest BCUT2D eigenvalue weighted by molar-refractivity contribution is 0.609. The van der Waals surface area contributed by atoms with Crippen LogP contribution in [0.25, 0.3) is 6.08 Å². The molecule has 0 fully saturated rings. The molecule has 2 rings (SSSR count). The van der Waals surface area contributed by atoms with E-state index in [1.165, 1.54) is 12.1 Å². The minimum absolute atomic E-state index is 0.00393. The Balaban J connectivity index is 2.18. The van der Waals surface area contributed by atoms with Gasteiger partial charge in [0.05, 0.1) is 16.8 Å². The molecule has 0 amide bonds. The Morgan fingerprint density at radius 1 is 1.14 bits per heavy atom. The van der Waals surface area contributed by atoms with Crippen molar-refractivity contribution in [3.05, 3.63) is 64.3 Å². The van der Waals surface area contributed by atoms with E-state index < -0.39 is 15.8 Å². The molecule has 0 spiro atoms. The highest BCUT2D eigenvalue weighted by Gasteiger charge is 2.09. The smallest absolute Gasteiger partial charge is 0.255 e. The molecule has 3 N–H and O–H groups in total. The summed E-state index contributed by atoms with van der Waals surface area (Å²) >= 11 is 5.74. The molecule has 2 aromatic carbocycles. The maximum Gasteiger partial charge on any atom is 0.255 e. The van der Waals surface area contributed by atoms with Crippen molar-refractivity contribution in [2.24, 2.45) is 0 Å². The first-order valence-electron chi connectivity index (χ1n) is 5.87. The van der Waals surface area contributed by atoms with Crippen molar-refractivity contribution in [3.63, 3.8) is 0 Å². The summed E-state index contributed by atoms with van der Waals surface area (Å²) in [4.78, 5) is 0. The molecule has 0 heterocycles. The predicted octanol–water partition coefficient (Wildman–Crippen LogP) is 3.47. The van der Waals surface area contributed by atoms with Crippen molar-refractivity contribution < 1.29 is 12.8 Å². The van der Waals surface area contributed by atoms with Gasteiger partial charge in [0.25, 0.3) is 10.0 Å². The van der Waals surface area contributed by atoms with Crippen LogP contribution in [0.1, 0.15) is 5.56 Å². The van der Waals surface area contributed by atoms with Crippen LogP contribution in [0.4, 0.5) is 15.8 Å². The quantitative estimate of drug-likeness (QED) is 0.845. The van der Waals surface area contributed by atoms with E-state index in [4.69, 9.17) is 17.3 Å². The fourth-order valence-corrected chi connectivity index (χ4v) is 2.56. The van der Waals surface area contributed by atoms with Crippen molar-refractivity contribution in [1.82, 2.24) is 0 Å². The van der Waals surface area contributed by atoms with E-state index in [9.17, 15) is 12.8 Å². The summed E-state index contributed by atoms with van der Waals surface area (Å²) in [7, 11) is -3.79. The van der Waals surface area contributed by atoms with E-state index in [0.29, 0.717) is 10.6 Å². The molecule has 0 saturated heterocycles. The Morgan fingerprint density at radius 2 is 1.81 bits per heavy atom. The molecule has 0 bridgehead atoms. The molecule has 110 valence electrons. The van der Waals surface area contributed by atoms with Crippen molar-refractivity contribution in [3.8, 4) is 0 Å². The summed E-state index contributed by atoms with van der Waals surface area (Å²) in [6, 6.07) is 10.1. The number of halogens is 2. The number of nitrogen functional groups attached to an aromatic ring is 1. The van der Waals surface area contributed by atoms with Gasteiger partial charge in [0.15, 0.2) is 0 Å². The molecule has 0 saturated carbocycles. The Hall–Kier alpha value is -2.05. The van der Waals surface area contributed by atoms with E-state index in [1.807, 2.05) is 0 Å². The van der Waals surface area contributed by atoms with Crippen LogP contribution in [0.2, 0.25) is 5.02 Å². The Bertz CT molecular complexity index is 774. The van der Waals surface area contributed by atoms with Gasteiger partial charge in [-0.3, -0.25) is 4.72 Å². The highest BCUT2D eigenvalue weighted by atomic mass is 35.5. The van der Waals surface area contributed by atoms with Gasteiger partial charge in [-0.15, -0.1) is 0 Å². The van der Waals surface area contributed by atoms with Gasteiger partial charge < -0.3 is 5.73 Å². The van der Waals surface area contributed by atoms with Gasteiger partial charge in [0, 0.05) is 11.1 Å². The van der Waals surface area contributed by atoms with Gasteiger partial charge in [-0.25, -0.2) is 12.8 Å². The fraction of sp³-hybridized carbons (Fsp3) is 0. The van der Waals surface area contributed by atoms with Gasteiger partial charge in [0.2, 0.25) is 0 Å². The van der Waals surface area contributed by atoms with Gasteiger partial charge in [-0.1, -0.05) is 23.7 Å². The summed E-state index contributed by atoms with van der Waals surface area (Å²) in [6.07, 6.45) is 1.40. The number of nitrogens with one attached hydrogen (secondary N) is 1. The molecule has 0 atom stereocenters. The standard InChI is InChI=1S/C14H12ClFN2O2S/c15-11-3-1-10(2-4-11)7-8-21(19,20)18-14-9-12(16)5-6-13(14)17/h1-9,18H,17H2. The van der Waals surface area contributed by atoms with E-state index in [0.717, 1.165) is 17.5 Å². The van der Waals surface area contributed by atoms with E-state index in [-0.39, 0.29) is 11.4 Å².